The zero-order valence-corrected chi connectivity index (χ0v) is 14.9. The van der Waals surface area contributed by atoms with Crippen molar-refractivity contribution in [3.8, 4) is 0 Å². The van der Waals surface area contributed by atoms with Gasteiger partial charge in [0.1, 0.15) is 6.04 Å². The average molecular weight is 365 g/mol. The van der Waals surface area contributed by atoms with E-state index in [4.69, 9.17) is 22.3 Å². The lowest BCUT2D eigenvalue weighted by Crippen LogP contribution is -2.34. The monoisotopic (exact) mass is 365 g/mol. The lowest BCUT2D eigenvalue weighted by molar-refractivity contribution is -0.139. The number of aliphatic carboxylic acids is 1. The van der Waals surface area contributed by atoms with Crippen LogP contribution in [-0.4, -0.2) is 25.5 Å². The maximum atomic E-state index is 12.2. The van der Waals surface area contributed by atoms with Gasteiger partial charge in [-0.1, -0.05) is 13.8 Å². The Balaban J connectivity index is 0.000000333. The van der Waals surface area contributed by atoms with Crippen molar-refractivity contribution in [1.29, 1.82) is 0 Å². The molecule has 7 nitrogen and oxygen atoms in total. The molecule has 7 N–H and O–H groups in total. The highest BCUT2D eigenvalue weighted by Gasteiger charge is 2.16. The molecule has 8 heteroatoms. The number of carbonyl (C=O) groups is 1. The van der Waals surface area contributed by atoms with Crippen LogP contribution < -0.4 is 17.2 Å². The van der Waals surface area contributed by atoms with Crippen LogP contribution in [0, 0.1) is 5.92 Å². The van der Waals surface area contributed by atoms with Crippen LogP contribution in [0.15, 0.2) is 58.3 Å². The summed E-state index contributed by atoms with van der Waals surface area (Å²) in [6.45, 7) is 3.55. The van der Waals surface area contributed by atoms with Gasteiger partial charge >= 0.3 is 5.97 Å². The van der Waals surface area contributed by atoms with Crippen molar-refractivity contribution in [2.24, 2.45) is 11.7 Å². The molecule has 2 aromatic rings. The van der Waals surface area contributed by atoms with Crippen molar-refractivity contribution in [2.45, 2.75) is 29.7 Å². The van der Waals surface area contributed by atoms with Crippen LogP contribution in [-0.2, 0) is 14.6 Å². The van der Waals surface area contributed by atoms with Crippen LogP contribution in [0.1, 0.15) is 13.8 Å². The van der Waals surface area contributed by atoms with E-state index in [1.807, 2.05) is 0 Å². The molecule has 0 heterocycles. The summed E-state index contributed by atoms with van der Waals surface area (Å²) >= 11 is 0. The molecule has 0 fully saturated rings. The van der Waals surface area contributed by atoms with E-state index in [2.05, 4.69) is 0 Å². The van der Waals surface area contributed by atoms with Gasteiger partial charge in [0, 0.05) is 11.4 Å². The van der Waals surface area contributed by atoms with Gasteiger partial charge in [-0.2, -0.15) is 0 Å². The number of carboxylic acid groups (broad SMARTS) is 1. The van der Waals surface area contributed by atoms with Crippen molar-refractivity contribution >= 4 is 27.2 Å². The molecule has 25 heavy (non-hydrogen) atoms. The molecular formula is C17H23N3O4S. The Morgan fingerprint density at radius 2 is 1.20 bits per heavy atom. The maximum Gasteiger partial charge on any atom is 0.320 e. The topological polar surface area (TPSA) is 150 Å². The van der Waals surface area contributed by atoms with E-state index in [1.165, 1.54) is 24.3 Å². The smallest absolute Gasteiger partial charge is 0.320 e. The number of benzene rings is 2. The van der Waals surface area contributed by atoms with E-state index in [0.717, 1.165) is 0 Å². The van der Waals surface area contributed by atoms with Crippen molar-refractivity contribution in [3.05, 3.63) is 48.5 Å². The number of nitrogens with two attached hydrogens (primary N) is 3. The second kappa shape index (κ2) is 8.50. The predicted molar refractivity (Wildman–Crippen MR) is 97.6 cm³/mol. The lowest BCUT2D eigenvalue weighted by atomic mass is 10.1. The van der Waals surface area contributed by atoms with Crippen molar-refractivity contribution < 1.29 is 18.3 Å². The van der Waals surface area contributed by atoms with Gasteiger partial charge in [0.15, 0.2) is 0 Å². The van der Waals surface area contributed by atoms with Crippen molar-refractivity contribution in [3.63, 3.8) is 0 Å². The fourth-order valence-corrected chi connectivity index (χ4v) is 2.98. The van der Waals surface area contributed by atoms with Crippen LogP contribution in [0.25, 0.3) is 0 Å². The molecule has 0 aliphatic heterocycles. The minimum absolute atomic E-state index is 0.0208. The van der Waals surface area contributed by atoms with Crippen LogP contribution in [0.2, 0.25) is 0 Å². The molecule has 1 atom stereocenters. The number of sulfone groups is 1. The zero-order chi connectivity index (χ0) is 19.2. The van der Waals surface area contributed by atoms with Crippen LogP contribution in [0.4, 0.5) is 11.4 Å². The van der Waals surface area contributed by atoms with Crippen LogP contribution in [0.3, 0.4) is 0 Å². The Hall–Kier alpha value is -2.58. The molecule has 2 aromatic carbocycles. The van der Waals surface area contributed by atoms with Gasteiger partial charge in [-0.15, -0.1) is 0 Å². The summed E-state index contributed by atoms with van der Waals surface area (Å²) in [5.74, 6) is -0.910. The summed E-state index contributed by atoms with van der Waals surface area (Å²) in [5.41, 5.74) is 17.3. The van der Waals surface area contributed by atoms with Gasteiger partial charge in [0.05, 0.1) is 9.79 Å². The number of anilines is 2. The van der Waals surface area contributed by atoms with E-state index in [1.54, 1.807) is 38.1 Å². The van der Waals surface area contributed by atoms with Gasteiger partial charge in [0.25, 0.3) is 0 Å². The zero-order valence-electron chi connectivity index (χ0n) is 14.1. The summed E-state index contributed by atoms with van der Waals surface area (Å²) in [4.78, 5) is 10.5. The number of hydrogen-bond donors (Lipinski definition) is 4. The first-order valence-corrected chi connectivity index (χ1v) is 8.98. The average Bonchev–Trinajstić information content (AvgIpc) is 2.55. The third kappa shape index (κ3) is 5.77. The number of rotatable bonds is 4. The van der Waals surface area contributed by atoms with E-state index in [-0.39, 0.29) is 15.7 Å². The molecule has 0 radical (unpaired) electrons. The van der Waals surface area contributed by atoms with Crippen molar-refractivity contribution in [2.75, 3.05) is 11.5 Å². The SMILES string of the molecule is CC(C)[C@H](N)C(=O)O.Nc1ccc(S(=O)(=O)c2ccc(N)cc2)cc1. The summed E-state index contributed by atoms with van der Waals surface area (Å²) in [5, 5.41) is 8.23. The lowest BCUT2D eigenvalue weighted by Gasteiger charge is -2.07. The molecule has 0 unspecified atom stereocenters. The molecule has 2 rings (SSSR count). The minimum Gasteiger partial charge on any atom is -0.480 e. The fraction of sp³-hybridized carbons (Fsp3) is 0.235. The number of hydrogen-bond acceptors (Lipinski definition) is 6. The molecule has 0 spiro atoms. The summed E-state index contributed by atoms with van der Waals surface area (Å²) in [7, 11) is -3.48. The molecule has 0 bridgehead atoms. The fourth-order valence-electron chi connectivity index (χ4n) is 1.72. The highest BCUT2D eigenvalue weighted by molar-refractivity contribution is 7.91. The Morgan fingerprint density at radius 3 is 1.40 bits per heavy atom. The highest BCUT2D eigenvalue weighted by Crippen LogP contribution is 2.22. The van der Waals surface area contributed by atoms with E-state index in [0.29, 0.717) is 11.4 Å². The van der Waals surface area contributed by atoms with E-state index >= 15 is 0 Å². The molecule has 0 amide bonds. The number of nitrogen functional groups attached to an aromatic ring is 2. The van der Waals surface area contributed by atoms with Gasteiger partial charge in [-0.05, 0) is 54.4 Å². The molecular weight excluding hydrogens is 342 g/mol. The Kier molecular flexibility index (Phi) is 6.96. The third-order valence-corrected chi connectivity index (χ3v) is 5.17. The first kappa shape index (κ1) is 20.5. The predicted octanol–water partition coefficient (Wildman–Crippen LogP) is 1.74. The standard InChI is InChI=1S/C12H12N2O2S.C5H11NO2/c13-9-1-5-11(6-2-9)17(15,16)12-7-3-10(14)4-8-12;1-3(2)4(6)5(7)8/h1-8H,13-14H2;3-4H,6H2,1-2H3,(H,7,8)/t;4-/m.0/s1. The second-order valence-electron chi connectivity index (χ2n) is 5.75. The van der Waals surface area contributed by atoms with E-state index < -0.39 is 21.8 Å². The highest BCUT2D eigenvalue weighted by atomic mass is 32.2. The van der Waals surface area contributed by atoms with Gasteiger partial charge in [0.2, 0.25) is 9.84 Å². The molecule has 0 aliphatic rings. The van der Waals surface area contributed by atoms with Crippen molar-refractivity contribution in [1.82, 2.24) is 0 Å². The Morgan fingerprint density at radius 1 is 0.880 bits per heavy atom. The summed E-state index contributed by atoms with van der Waals surface area (Å²) in [6, 6.07) is 11.5. The summed E-state index contributed by atoms with van der Waals surface area (Å²) in [6.07, 6.45) is 0. The Labute approximate surface area is 147 Å². The largest absolute Gasteiger partial charge is 0.480 e. The Bertz CT molecular complexity index is 749. The number of carboxylic acids is 1. The normalized spacial score (nSPS) is 12.2. The molecule has 0 aliphatic carbocycles. The third-order valence-electron chi connectivity index (χ3n) is 3.38. The molecule has 0 saturated heterocycles. The maximum absolute atomic E-state index is 12.2. The summed E-state index contributed by atoms with van der Waals surface area (Å²) < 4.78 is 24.3. The minimum atomic E-state index is -3.48. The first-order valence-electron chi connectivity index (χ1n) is 7.50. The van der Waals surface area contributed by atoms with Gasteiger partial charge in [-0.3, -0.25) is 4.79 Å². The first-order chi connectivity index (χ1) is 11.6. The molecule has 136 valence electrons. The molecule has 0 aromatic heterocycles. The van der Waals surface area contributed by atoms with E-state index in [9.17, 15) is 13.2 Å². The van der Waals surface area contributed by atoms with Crippen LogP contribution in [0.5, 0.6) is 0 Å². The van der Waals surface area contributed by atoms with Crippen LogP contribution >= 0.6 is 0 Å². The second-order valence-corrected chi connectivity index (χ2v) is 7.70. The molecule has 0 saturated carbocycles. The quantitative estimate of drug-likeness (QED) is 0.603. The van der Waals surface area contributed by atoms with Gasteiger partial charge < -0.3 is 22.3 Å². The van der Waals surface area contributed by atoms with Gasteiger partial charge in [-0.25, -0.2) is 8.42 Å².